The number of nitrogens with zero attached hydrogens (tertiary/aromatic N) is 2. The first-order valence-electron chi connectivity index (χ1n) is 6.19. The van der Waals surface area contributed by atoms with Gasteiger partial charge in [0.05, 0.1) is 23.8 Å². The van der Waals surface area contributed by atoms with Crippen LogP contribution in [0.5, 0.6) is 0 Å². The van der Waals surface area contributed by atoms with Crippen LogP contribution in [0.25, 0.3) is 0 Å². The summed E-state index contributed by atoms with van der Waals surface area (Å²) in [4.78, 5) is 0.175. The van der Waals surface area contributed by atoms with Crippen molar-refractivity contribution in [3.8, 4) is 6.07 Å². The van der Waals surface area contributed by atoms with E-state index in [1.54, 1.807) is 30.3 Å². The molecular formula is C14H13BrN2O3S. The molecule has 1 heterocycles. The second-order valence-electron chi connectivity index (χ2n) is 4.26. The maximum absolute atomic E-state index is 12.7. The summed E-state index contributed by atoms with van der Waals surface area (Å²) in [5.41, 5.74) is 0. The van der Waals surface area contributed by atoms with Crippen molar-refractivity contribution < 1.29 is 12.8 Å². The fourth-order valence-electron chi connectivity index (χ4n) is 1.83. The Labute approximate surface area is 132 Å². The largest absolute Gasteiger partial charge is 0.468 e. The van der Waals surface area contributed by atoms with Gasteiger partial charge in [-0.25, -0.2) is 8.42 Å². The number of furan rings is 1. The number of nitriles is 1. The van der Waals surface area contributed by atoms with Gasteiger partial charge in [0.2, 0.25) is 10.0 Å². The van der Waals surface area contributed by atoms with Gasteiger partial charge in [-0.05, 0) is 40.2 Å². The Hall–Kier alpha value is -1.62. The second kappa shape index (κ2) is 6.89. The van der Waals surface area contributed by atoms with E-state index in [1.807, 2.05) is 6.07 Å². The lowest BCUT2D eigenvalue weighted by molar-refractivity contribution is 0.368. The van der Waals surface area contributed by atoms with Gasteiger partial charge >= 0.3 is 0 Å². The third kappa shape index (κ3) is 3.73. The highest BCUT2D eigenvalue weighted by atomic mass is 79.9. The molecule has 5 nitrogen and oxygen atoms in total. The first kappa shape index (κ1) is 15.8. The molecule has 0 aliphatic rings. The maximum Gasteiger partial charge on any atom is 0.244 e. The van der Waals surface area contributed by atoms with Gasteiger partial charge in [0.1, 0.15) is 5.76 Å². The van der Waals surface area contributed by atoms with E-state index < -0.39 is 10.0 Å². The van der Waals surface area contributed by atoms with E-state index >= 15 is 0 Å². The van der Waals surface area contributed by atoms with Crippen LogP contribution in [0.4, 0.5) is 0 Å². The third-order valence-electron chi connectivity index (χ3n) is 2.84. The van der Waals surface area contributed by atoms with E-state index in [0.29, 0.717) is 10.2 Å². The SMILES string of the molecule is N#CCCN(Cc1ccco1)S(=O)(=O)c1ccccc1Br. The minimum Gasteiger partial charge on any atom is -0.468 e. The summed E-state index contributed by atoms with van der Waals surface area (Å²) in [7, 11) is -3.70. The molecule has 0 aliphatic heterocycles. The summed E-state index contributed by atoms with van der Waals surface area (Å²) >= 11 is 3.25. The van der Waals surface area contributed by atoms with Crippen molar-refractivity contribution in [2.45, 2.75) is 17.9 Å². The number of halogens is 1. The fraction of sp³-hybridized carbons (Fsp3) is 0.214. The summed E-state index contributed by atoms with van der Waals surface area (Å²) in [5, 5.41) is 8.73. The number of hydrogen-bond acceptors (Lipinski definition) is 4. The van der Waals surface area contributed by atoms with Crippen LogP contribution in [0.3, 0.4) is 0 Å². The van der Waals surface area contributed by atoms with Crippen LogP contribution in [0.15, 0.2) is 56.4 Å². The summed E-state index contributed by atoms with van der Waals surface area (Å²) in [6.07, 6.45) is 1.60. The lowest BCUT2D eigenvalue weighted by Crippen LogP contribution is -2.31. The summed E-state index contributed by atoms with van der Waals surface area (Å²) in [6, 6.07) is 12.0. The van der Waals surface area contributed by atoms with Gasteiger partial charge in [0.25, 0.3) is 0 Å². The van der Waals surface area contributed by atoms with Crippen molar-refractivity contribution in [1.29, 1.82) is 5.26 Å². The van der Waals surface area contributed by atoms with Gasteiger partial charge in [0, 0.05) is 17.4 Å². The molecule has 0 unspecified atom stereocenters. The molecule has 110 valence electrons. The zero-order chi connectivity index (χ0) is 15.3. The highest BCUT2D eigenvalue weighted by Gasteiger charge is 2.26. The Balaban J connectivity index is 2.35. The lowest BCUT2D eigenvalue weighted by atomic mass is 10.4. The molecule has 0 saturated carbocycles. The summed E-state index contributed by atoms with van der Waals surface area (Å²) in [5.74, 6) is 0.531. The van der Waals surface area contributed by atoms with Crippen LogP contribution in [-0.4, -0.2) is 19.3 Å². The minimum atomic E-state index is -3.70. The highest BCUT2D eigenvalue weighted by Crippen LogP contribution is 2.26. The first-order chi connectivity index (χ1) is 10.1. The van der Waals surface area contributed by atoms with E-state index in [2.05, 4.69) is 15.9 Å². The molecule has 0 N–H and O–H groups in total. The van der Waals surface area contributed by atoms with Crippen LogP contribution < -0.4 is 0 Å². The molecule has 0 aliphatic carbocycles. The topological polar surface area (TPSA) is 74.3 Å². The highest BCUT2D eigenvalue weighted by molar-refractivity contribution is 9.10. The van der Waals surface area contributed by atoms with E-state index in [1.165, 1.54) is 16.6 Å². The number of sulfonamides is 1. The average Bonchev–Trinajstić information content (AvgIpc) is 2.96. The predicted octanol–water partition coefficient (Wildman–Crippen LogP) is 3.15. The van der Waals surface area contributed by atoms with Gasteiger partial charge in [-0.3, -0.25) is 0 Å². The number of rotatable bonds is 6. The van der Waals surface area contributed by atoms with Gasteiger partial charge in [0.15, 0.2) is 0 Å². The van der Waals surface area contributed by atoms with Crippen molar-refractivity contribution in [2.24, 2.45) is 0 Å². The van der Waals surface area contributed by atoms with Gasteiger partial charge in [-0.1, -0.05) is 12.1 Å². The minimum absolute atomic E-state index is 0.0956. The predicted molar refractivity (Wildman–Crippen MR) is 80.7 cm³/mol. The smallest absolute Gasteiger partial charge is 0.244 e. The molecule has 2 aromatic rings. The fourth-order valence-corrected chi connectivity index (χ4v) is 4.20. The molecule has 0 atom stereocenters. The van der Waals surface area contributed by atoms with Gasteiger partial charge in [-0.2, -0.15) is 9.57 Å². The van der Waals surface area contributed by atoms with Crippen molar-refractivity contribution in [1.82, 2.24) is 4.31 Å². The second-order valence-corrected chi connectivity index (χ2v) is 7.02. The van der Waals surface area contributed by atoms with Gasteiger partial charge < -0.3 is 4.42 Å². The monoisotopic (exact) mass is 368 g/mol. The van der Waals surface area contributed by atoms with Crippen molar-refractivity contribution in [2.75, 3.05) is 6.54 Å². The molecule has 2 rings (SSSR count). The zero-order valence-corrected chi connectivity index (χ0v) is 13.5. The number of benzene rings is 1. The molecule has 0 amide bonds. The van der Waals surface area contributed by atoms with E-state index in [9.17, 15) is 8.42 Å². The van der Waals surface area contributed by atoms with Crippen LogP contribution in [0, 0.1) is 11.3 Å². The number of hydrogen-bond donors (Lipinski definition) is 0. The summed E-state index contributed by atoms with van der Waals surface area (Å²) in [6.45, 7) is 0.208. The van der Waals surface area contributed by atoms with Crippen LogP contribution in [0.2, 0.25) is 0 Å². The molecule has 21 heavy (non-hydrogen) atoms. The third-order valence-corrected chi connectivity index (χ3v) is 5.70. The quantitative estimate of drug-likeness (QED) is 0.784. The van der Waals surface area contributed by atoms with Crippen LogP contribution in [0.1, 0.15) is 12.2 Å². The first-order valence-corrected chi connectivity index (χ1v) is 8.43. The molecule has 1 aromatic heterocycles. The van der Waals surface area contributed by atoms with Crippen molar-refractivity contribution in [3.05, 3.63) is 52.9 Å². The van der Waals surface area contributed by atoms with Crippen molar-refractivity contribution >= 4 is 26.0 Å². The standard InChI is InChI=1S/C14H13BrN2O3S/c15-13-6-1-2-7-14(13)21(18,19)17(9-4-8-16)11-12-5-3-10-20-12/h1-3,5-7,10H,4,9,11H2. The molecule has 0 radical (unpaired) electrons. The molecule has 0 bridgehead atoms. The molecule has 0 spiro atoms. The lowest BCUT2D eigenvalue weighted by Gasteiger charge is -2.20. The van der Waals surface area contributed by atoms with Crippen LogP contribution in [-0.2, 0) is 16.6 Å². The van der Waals surface area contributed by atoms with E-state index in [4.69, 9.17) is 9.68 Å². The Morgan fingerprint density at radius 3 is 2.62 bits per heavy atom. The Morgan fingerprint density at radius 2 is 2.00 bits per heavy atom. The Morgan fingerprint density at radius 1 is 1.24 bits per heavy atom. The Bertz CT molecular complexity index is 736. The normalized spacial score (nSPS) is 11.5. The molecular weight excluding hydrogens is 356 g/mol. The average molecular weight is 369 g/mol. The van der Waals surface area contributed by atoms with Gasteiger partial charge in [-0.15, -0.1) is 0 Å². The maximum atomic E-state index is 12.7. The molecule has 0 saturated heterocycles. The molecule has 1 aromatic carbocycles. The Kier molecular flexibility index (Phi) is 5.17. The summed E-state index contributed by atoms with van der Waals surface area (Å²) < 4.78 is 32.4. The van der Waals surface area contributed by atoms with E-state index in [-0.39, 0.29) is 24.4 Å². The zero-order valence-electron chi connectivity index (χ0n) is 11.1. The molecule has 0 fully saturated rings. The molecule has 7 heteroatoms. The van der Waals surface area contributed by atoms with Crippen LogP contribution >= 0.6 is 15.9 Å². The van der Waals surface area contributed by atoms with Crippen molar-refractivity contribution in [3.63, 3.8) is 0 Å². The van der Waals surface area contributed by atoms with E-state index in [0.717, 1.165) is 0 Å².